The number of rotatable bonds is 4. The van der Waals surface area contributed by atoms with Crippen LogP contribution in [-0.4, -0.2) is 18.5 Å². The summed E-state index contributed by atoms with van der Waals surface area (Å²) in [5.41, 5.74) is 6.26. The van der Waals surface area contributed by atoms with Crippen LogP contribution in [0.15, 0.2) is 24.3 Å². The smallest absolute Gasteiger partial charge is 0.314 e. The van der Waals surface area contributed by atoms with Gasteiger partial charge in [-0.1, -0.05) is 18.2 Å². The highest BCUT2D eigenvalue weighted by molar-refractivity contribution is 5.85. The number of carbonyl (C=O) groups is 1. The Kier molecular flexibility index (Phi) is 7.18. The molecule has 22 heavy (non-hydrogen) atoms. The van der Waals surface area contributed by atoms with E-state index in [0.717, 1.165) is 37.8 Å². The molecule has 0 unspecified atom stereocenters. The van der Waals surface area contributed by atoms with E-state index < -0.39 is 0 Å². The van der Waals surface area contributed by atoms with Gasteiger partial charge in [0.25, 0.3) is 0 Å². The highest BCUT2D eigenvalue weighted by atomic mass is 35.5. The molecule has 0 radical (unpaired) electrons. The third kappa shape index (κ3) is 5.22. The van der Waals surface area contributed by atoms with E-state index in [1.54, 1.807) is 0 Å². The first-order chi connectivity index (χ1) is 10.1. The maximum atomic E-state index is 12.2. The lowest BCUT2D eigenvalue weighted by Gasteiger charge is -2.27. The van der Waals surface area contributed by atoms with Crippen LogP contribution in [-0.2, 0) is 4.79 Å². The van der Waals surface area contributed by atoms with Crippen LogP contribution in [0.1, 0.15) is 31.2 Å². The van der Waals surface area contributed by atoms with Gasteiger partial charge in [-0.05, 0) is 50.2 Å². The highest BCUT2D eigenvalue weighted by Crippen LogP contribution is 2.30. The zero-order chi connectivity index (χ0) is 15.2. The molecule has 6 heteroatoms. The van der Waals surface area contributed by atoms with E-state index in [9.17, 15) is 4.79 Å². The van der Waals surface area contributed by atoms with E-state index in [-0.39, 0.29) is 30.3 Å². The maximum Gasteiger partial charge on any atom is 0.314 e. The number of guanidine groups is 1. The van der Waals surface area contributed by atoms with Crippen LogP contribution >= 0.6 is 12.4 Å². The average Bonchev–Trinajstić information content (AvgIpc) is 2.48. The van der Waals surface area contributed by atoms with Crippen molar-refractivity contribution in [2.45, 2.75) is 32.6 Å². The van der Waals surface area contributed by atoms with Gasteiger partial charge in [0.05, 0.1) is 5.92 Å². The second-order valence-electron chi connectivity index (χ2n) is 5.70. The first kappa shape index (κ1) is 18.3. The molecule has 0 aliphatic heterocycles. The first-order valence-corrected chi connectivity index (χ1v) is 7.41. The molecule has 0 atom stereocenters. The summed E-state index contributed by atoms with van der Waals surface area (Å²) in [7, 11) is 0. The number of hydrogen-bond acceptors (Lipinski definition) is 3. The zero-order valence-electron chi connectivity index (χ0n) is 12.8. The van der Waals surface area contributed by atoms with Crippen LogP contribution in [0.25, 0.3) is 0 Å². The van der Waals surface area contributed by atoms with Crippen LogP contribution < -0.4 is 15.8 Å². The fourth-order valence-corrected chi connectivity index (χ4v) is 2.72. The van der Waals surface area contributed by atoms with Crippen molar-refractivity contribution in [3.63, 3.8) is 0 Å². The third-order valence-electron chi connectivity index (χ3n) is 4.07. The molecule has 5 nitrogen and oxygen atoms in total. The number of esters is 1. The molecule has 122 valence electrons. The van der Waals surface area contributed by atoms with E-state index in [4.69, 9.17) is 15.9 Å². The van der Waals surface area contributed by atoms with Gasteiger partial charge < -0.3 is 15.8 Å². The molecule has 0 spiro atoms. The number of para-hydroxylation sites is 1. The van der Waals surface area contributed by atoms with Crippen molar-refractivity contribution in [1.82, 2.24) is 5.32 Å². The van der Waals surface area contributed by atoms with Gasteiger partial charge in [-0.3, -0.25) is 10.2 Å². The monoisotopic (exact) mass is 325 g/mol. The molecule has 1 aromatic rings. The molecule has 0 aromatic heterocycles. The van der Waals surface area contributed by atoms with E-state index in [1.807, 2.05) is 31.2 Å². The summed E-state index contributed by atoms with van der Waals surface area (Å²) in [5.74, 6) is 1.01. The van der Waals surface area contributed by atoms with Crippen LogP contribution in [0.4, 0.5) is 0 Å². The lowest BCUT2D eigenvalue weighted by Crippen LogP contribution is -2.36. The molecule has 2 rings (SSSR count). The molecular weight excluding hydrogens is 302 g/mol. The van der Waals surface area contributed by atoms with Gasteiger partial charge in [0.1, 0.15) is 5.75 Å². The van der Waals surface area contributed by atoms with Gasteiger partial charge >= 0.3 is 5.97 Å². The molecule has 1 aliphatic rings. The summed E-state index contributed by atoms with van der Waals surface area (Å²) in [5, 5.41) is 10.0. The van der Waals surface area contributed by atoms with Crippen molar-refractivity contribution in [3.05, 3.63) is 29.8 Å². The minimum Gasteiger partial charge on any atom is -0.426 e. The van der Waals surface area contributed by atoms with Crippen molar-refractivity contribution < 1.29 is 9.53 Å². The predicted molar refractivity (Wildman–Crippen MR) is 89.4 cm³/mol. The Morgan fingerprint density at radius 2 is 1.95 bits per heavy atom. The summed E-state index contributed by atoms with van der Waals surface area (Å²) < 4.78 is 5.51. The Hall–Kier alpha value is -1.75. The number of halogens is 1. The molecule has 4 N–H and O–H groups in total. The fourth-order valence-electron chi connectivity index (χ4n) is 2.72. The summed E-state index contributed by atoms with van der Waals surface area (Å²) in [4.78, 5) is 12.2. The zero-order valence-corrected chi connectivity index (χ0v) is 13.6. The standard InChI is InChI=1S/C16H23N3O2.ClH/c1-11-4-2-3-5-14(11)21-15(20)13-8-6-12(7-9-13)10-19-16(17)18;/h2-5,12-13H,6-10H2,1H3,(H4,17,18,19);1H/t12-,13-;. The van der Waals surface area contributed by atoms with Gasteiger partial charge in [-0.2, -0.15) is 0 Å². The normalized spacial score (nSPS) is 20.6. The molecule has 1 aromatic carbocycles. The topological polar surface area (TPSA) is 88.2 Å². The molecule has 1 saturated carbocycles. The number of hydrogen-bond donors (Lipinski definition) is 3. The number of aryl methyl sites for hydroxylation is 1. The van der Waals surface area contributed by atoms with Crippen LogP contribution in [0.3, 0.4) is 0 Å². The Bertz CT molecular complexity index is 514. The van der Waals surface area contributed by atoms with Gasteiger partial charge in [-0.15, -0.1) is 12.4 Å². The Morgan fingerprint density at radius 1 is 1.32 bits per heavy atom. The second-order valence-corrected chi connectivity index (χ2v) is 5.70. The number of ether oxygens (including phenoxy) is 1. The van der Waals surface area contributed by atoms with E-state index in [0.29, 0.717) is 11.7 Å². The van der Waals surface area contributed by atoms with Crippen LogP contribution in [0.5, 0.6) is 5.75 Å². The van der Waals surface area contributed by atoms with Crippen LogP contribution in [0, 0.1) is 24.2 Å². The average molecular weight is 326 g/mol. The first-order valence-electron chi connectivity index (χ1n) is 7.41. The Labute approximate surface area is 137 Å². The number of benzene rings is 1. The summed E-state index contributed by atoms with van der Waals surface area (Å²) in [6, 6.07) is 7.57. The summed E-state index contributed by atoms with van der Waals surface area (Å²) in [6.45, 7) is 2.65. The van der Waals surface area contributed by atoms with Gasteiger partial charge in [0.15, 0.2) is 5.96 Å². The Balaban J connectivity index is 0.00000242. The molecule has 0 bridgehead atoms. The van der Waals surface area contributed by atoms with E-state index in [2.05, 4.69) is 5.32 Å². The Morgan fingerprint density at radius 3 is 2.55 bits per heavy atom. The second kappa shape index (κ2) is 8.63. The van der Waals surface area contributed by atoms with Crippen molar-refractivity contribution in [2.75, 3.05) is 6.54 Å². The number of nitrogens with one attached hydrogen (secondary N) is 2. The van der Waals surface area contributed by atoms with E-state index in [1.165, 1.54) is 0 Å². The maximum absolute atomic E-state index is 12.2. The SMILES string of the molecule is Cc1ccccc1OC(=O)[C@H]1CC[C@H](CNC(=N)N)CC1.Cl. The van der Waals surface area contributed by atoms with Crippen molar-refractivity contribution in [2.24, 2.45) is 17.6 Å². The lowest BCUT2D eigenvalue weighted by atomic mass is 9.82. The summed E-state index contributed by atoms with van der Waals surface area (Å²) >= 11 is 0. The minimum absolute atomic E-state index is 0. The van der Waals surface area contributed by atoms with Gasteiger partial charge in [0, 0.05) is 6.54 Å². The number of nitrogens with two attached hydrogens (primary N) is 1. The quantitative estimate of drug-likeness (QED) is 0.343. The molecule has 1 aliphatic carbocycles. The van der Waals surface area contributed by atoms with Gasteiger partial charge in [0.2, 0.25) is 0 Å². The van der Waals surface area contributed by atoms with E-state index >= 15 is 0 Å². The third-order valence-corrected chi connectivity index (χ3v) is 4.07. The fraction of sp³-hybridized carbons (Fsp3) is 0.500. The predicted octanol–water partition coefficient (Wildman–Crippen LogP) is 2.61. The van der Waals surface area contributed by atoms with Crippen molar-refractivity contribution in [1.29, 1.82) is 5.41 Å². The molecule has 0 heterocycles. The van der Waals surface area contributed by atoms with Crippen LogP contribution in [0.2, 0.25) is 0 Å². The van der Waals surface area contributed by atoms with Crippen molar-refractivity contribution >= 4 is 24.3 Å². The molecule has 0 saturated heterocycles. The summed E-state index contributed by atoms with van der Waals surface area (Å²) in [6.07, 6.45) is 3.62. The van der Waals surface area contributed by atoms with Gasteiger partial charge in [-0.25, -0.2) is 0 Å². The molecular formula is C16H24ClN3O2. The largest absolute Gasteiger partial charge is 0.426 e. The molecule has 1 fully saturated rings. The minimum atomic E-state index is -0.123. The van der Waals surface area contributed by atoms with Crippen molar-refractivity contribution in [3.8, 4) is 5.75 Å². The number of carbonyl (C=O) groups excluding carboxylic acids is 1. The lowest BCUT2D eigenvalue weighted by molar-refractivity contribution is -0.140. The molecule has 0 amide bonds. The highest BCUT2D eigenvalue weighted by Gasteiger charge is 2.27.